The molecule has 16 heteroatoms. The first-order chi connectivity index (χ1) is 31.2. The van der Waals surface area contributed by atoms with E-state index in [2.05, 4.69) is 81.4 Å². The number of carbonyl (C=O) groups is 1. The maximum atomic E-state index is 14.0. The Morgan fingerprint density at radius 1 is 1.00 bits per heavy atom. The fourth-order valence-corrected chi connectivity index (χ4v) is 11.4. The smallest absolute Gasteiger partial charge is 0.332 e. The van der Waals surface area contributed by atoms with Crippen LogP contribution in [0.2, 0.25) is 0 Å². The molecule has 5 aromatic rings. The molecule has 4 aliphatic rings. The van der Waals surface area contributed by atoms with Crippen molar-refractivity contribution >= 4 is 38.3 Å². The van der Waals surface area contributed by atoms with Crippen molar-refractivity contribution in [3.8, 4) is 17.4 Å². The minimum Gasteiger partial charge on any atom is -0.473 e. The van der Waals surface area contributed by atoms with E-state index in [9.17, 15) is 23.3 Å². The van der Waals surface area contributed by atoms with E-state index in [0.717, 1.165) is 101 Å². The Labute approximate surface area is 380 Å². The quantitative estimate of drug-likeness (QED) is 0.0845. The lowest BCUT2D eigenvalue weighted by Crippen LogP contribution is -2.58. The number of carbonyl (C=O) groups excluding carboxylic acids is 1. The number of ether oxygens (including phenoxy) is 3. The van der Waals surface area contributed by atoms with Crippen LogP contribution in [0.25, 0.3) is 11.0 Å². The number of fused-ring (bicyclic) bond motifs is 1. The van der Waals surface area contributed by atoms with Crippen LogP contribution in [0, 0.1) is 26.9 Å². The van der Waals surface area contributed by atoms with Crippen LogP contribution < -0.4 is 19.1 Å². The van der Waals surface area contributed by atoms with E-state index < -0.39 is 31.4 Å². The Kier molecular flexibility index (Phi) is 12.4. The fraction of sp³-hybridized carbons (Fsp3) is 0.490. The third-order valence-electron chi connectivity index (χ3n) is 14.4. The number of aromatic amines is 1. The van der Waals surface area contributed by atoms with Gasteiger partial charge in [0.1, 0.15) is 22.0 Å². The van der Waals surface area contributed by atoms with Crippen molar-refractivity contribution in [2.75, 3.05) is 44.4 Å². The summed E-state index contributed by atoms with van der Waals surface area (Å²) >= 11 is 0. The monoisotopic (exact) mass is 905 g/mol. The Morgan fingerprint density at radius 2 is 1.77 bits per heavy atom. The highest BCUT2D eigenvalue weighted by molar-refractivity contribution is 7.90. The molecule has 15 nitrogen and oxygen atoms in total. The number of hydrogen-bond acceptors (Lipinski definition) is 12. The Balaban J connectivity index is 0.898. The van der Waals surface area contributed by atoms with E-state index in [1.807, 2.05) is 6.07 Å². The van der Waals surface area contributed by atoms with E-state index in [1.165, 1.54) is 17.3 Å². The molecule has 0 bridgehead atoms. The molecule has 4 fully saturated rings. The van der Waals surface area contributed by atoms with Crippen LogP contribution in [0.1, 0.15) is 113 Å². The summed E-state index contributed by atoms with van der Waals surface area (Å²) in [7, 11) is -4.63. The Morgan fingerprint density at radius 3 is 2.52 bits per heavy atom. The summed E-state index contributed by atoms with van der Waals surface area (Å²) in [4.78, 5) is 41.3. The van der Waals surface area contributed by atoms with Crippen LogP contribution in [0.4, 0.5) is 11.4 Å². The fourth-order valence-electron chi connectivity index (χ4n) is 10.4. The van der Waals surface area contributed by atoms with Gasteiger partial charge in [0.15, 0.2) is 0 Å². The SMILES string of the molecule is CC(C)c1ccccc1[C@H]1COCCN1C1CC2(CCN(c3ccc(C(=O)NS(=O)(=O)c4cnc(OCC5CCC(C)(C)CC5)c([N+](=O)[O-])c4)c(Oc4cnc5[nH]ccc5c4)c3)CC2)C1. The van der Waals surface area contributed by atoms with Crippen molar-refractivity contribution in [1.29, 1.82) is 0 Å². The lowest BCUT2D eigenvalue weighted by atomic mass is 9.59. The number of morpholine rings is 1. The van der Waals surface area contributed by atoms with Crippen molar-refractivity contribution < 1.29 is 32.3 Å². The molecule has 0 unspecified atom stereocenters. The topological polar surface area (TPSA) is 182 Å². The van der Waals surface area contributed by atoms with Gasteiger partial charge in [-0.25, -0.2) is 23.1 Å². The molecule has 1 spiro atoms. The van der Waals surface area contributed by atoms with Crippen molar-refractivity contribution in [3.05, 3.63) is 106 Å². The third-order valence-corrected chi connectivity index (χ3v) is 15.7. The van der Waals surface area contributed by atoms with Gasteiger partial charge in [-0.2, -0.15) is 0 Å². The van der Waals surface area contributed by atoms with E-state index in [4.69, 9.17) is 14.2 Å². The van der Waals surface area contributed by atoms with Crippen LogP contribution in [0.15, 0.2) is 84.1 Å². The number of nitrogens with one attached hydrogen (secondary N) is 2. The van der Waals surface area contributed by atoms with Gasteiger partial charge in [-0.05, 0) is 109 Å². The number of piperidine rings is 1. The number of amides is 1. The molecule has 3 aromatic heterocycles. The molecule has 2 aliphatic carbocycles. The van der Waals surface area contributed by atoms with E-state index in [0.29, 0.717) is 30.0 Å². The molecule has 9 rings (SSSR count). The number of sulfonamides is 1. The Hall–Kier alpha value is -5.58. The van der Waals surface area contributed by atoms with Gasteiger partial charge in [0.2, 0.25) is 0 Å². The molecule has 2 aliphatic heterocycles. The normalized spacial score (nSPS) is 20.4. The molecular formula is C49H59N7O8S. The van der Waals surface area contributed by atoms with Crippen molar-refractivity contribution in [3.63, 3.8) is 0 Å². The summed E-state index contributed by atoms with van der Waals surface area (Å²) in [6, 6.07) is 19.2. The average Bonchev–Trinajstić information content (AvgIpc) is 3.76. The van der Waals surface area contributed by atoms with Crippen LogP contribution in [-0.4, -0.2) is 84.6 Å². The van der Waals surface area contributed by atoms with Gasteiger partial charge in [0.25, 0.3) is 21.8 Å². The zero-order chi connectivity index (χ0) is 45.5. The first-order valence-electron chi connectivity index (χ1n) is 22.9. The molecule has 65 heavy (non-hydrogen) atoms. The predicted molar refractivity (Wildman–Crippen MR) is 247 cm³/mol. The van der Waals surface area contributed by atoms with E-state index in [-0.39, 0.29) is 46.6 Å². The van der Waals surface area contributed by atoms with E-state index >= 15 is 0 Å². The van der Waals surface area contributed by atoms with Crippen molar-refractivity contribution in [1.82, 2.24) is 24.6 Å². The van der Waals surface area contributed by atoms with Crippen LogP contribution in [0.5, 0.6) is 17.4 Å². The molecular weight excluding hydrogens is 847 g/mol. The molecule has 2 saturated heterocycles. The van der Waals surface area contributed by atoms with Gasteiger partial charge in [-0.1, -0.05) is 52.0 Å². The molecule has 2 N–H and O–H groups in total. The lowest BCUT2D eigenvalue weighted by Gasteiger charge is -2.57. The summed E-state index contributed by atoms with van der Waals surface area (Å²) in [5.74, 6) is -0.0972. The number of hydrogen-bond donors (Lipinski definition) is 2. The second kappa shape index (κ2) is 18.0. The molecule has 1 atom stereocenters. The highest BCUT2D eigenvalue weighted by Gasteiger charge is 2.50. The van der Waals surface area contributed by atoms with Gasteiger partial charge < -0.3 is 24.1 Å². The summed E-state index contributed by atoms with van der Waals surface area (Å²) in [6.07, 6.45) is 12.5. The van der Waals surface area contributed by atoms with Crippen molar-refractivity contribution in [2.45, 2.75) is 102 Å². The minimum atomic E-state index is -4.63. The predicted octanol–water partition coefficient (Wildman–Crippen LogP) is 9.32. The number of pyridine rings is 2. The second-order valence-corrected chi connectivity index (χ2v) is 21.3. The number of H-pyrrole nitrogens is 1. The zero-order valence-electron chi connectivity index (χ0n) is 37.6. The molecule has 0 radical (unpaired) electrons. The molecule has 344 valence electrons. The second-order valence-electron chi connectivity index (χ2n) is 19.6. The summed E-state index contributed by atoms with van der Waals surface area (Å²) < 4.78 is 47.7. The van der Waals surface area contributed by atoms with Gasteiger partial charge in [-0.15, -0.1) is 0 Å². The summed E-state index contributed by atoms with van der Waals surface area (Å²) in [5, 5.41) is 12.9. The molecule has 2 aromatic carbocycles. The Bertz CT molecular complexity index is 2660. The standard InChI is InChI=1S/C49H59N7O8S/c1-32(2)39-7-5-6-8-40(39)43-31-62-22-21-55(43)36-26-49(27-36)16-19-54(20-17-49)35-9-10-41(44(24-35)64-37-23-34-13-18-50-45(34)51-28-37)46(57)53-65(60,61)38-25-42(56(58)59)47(52-29-38)63-30-33-11-14-48(3,4)15-12-33/h5-10,13,18,23-25,28-29,32-33,36,43H,11-12,14-17,19-22,26-27,30-31H2,1-4H3,(H,50,51)(H,53,57)/t43-/m1/s1. The summed E-state index contributed by atoms with van der Waals surface area (Å²) in [6.45, 7) is 13.2. The van der Waals surface area contributed by atoms with Gasteiger partial charge in [0, 0.05) is 55.1 Å². The summed E-state index contributed by atoms with van der Waals surface area (Å²) in [5.41, 5.74) is 4.13. The van der Waals surface area contributed by atoms with Crippen LogP contribution >= 0.6 is 0 Å². The number of aromatic nitrogens is 3. The van der Waals surface area contributed by atoms with Crippen LogP contribution in [0.3, 0.4) is 0 Å². The highest BCUT2D eigenvalue weighted by atomic mass is 32.2. The average molecular weight is 906 g/mol. The number of anilines is 1. The zero-order valence-corrected chi connectivity index (χ0v) is 38.4. The van der Waals surface area contributed by atoms with Gasteiger partial charge in [-0.3, -0.25) is 19.8 Å². The number of nitrogens with zero attached hydrogens (tertiary/aromatic N) is 5. The molecule has 5 heterocycles. The molecule has 2 saturated carbocycles. The third kappa shape index (κ3) is 9.57. The minimum absolute atomic E-state index is 0.0426. The first kappa shape index (κ1) is 44.6. The van der Waals surface area contributed by atoms with Gasteiger partial charge >= 0.3 is 5.69 Å². The molecule has 1 amide bonds. The maximum absolute atomic E-state index is 14.0. The van der Waals surface area contributed by atoms with Crippen LogP contribution in [-0.2, 0) is 14.8 Å². The highest BCUT2D eigenvalue weighted by Crippen LogP contribution is 2.53. The van der Waals surface area contributed by atoms with Crippen molar-refractivity contribution in [2.24, 2.45) is 16.7 Å². The largest absolute Gasteiger partial charge is 0.473 e. The first-order valence-corrected chi connectivity index (χ1v) is 24.4. The van der Waals surface area contributed by atoms with Gasteiger partial charge in [0.05, 0.1) is 48.7 Å². The lowest BCUT2D eigenvalue weighted by molar-refractivity contribution is -0.386. The maximum Gasteiger partial charge on any atom is 0.332 e. The number of nitro groups is 1. The number of benzene rings is 2. The number of rotatable bonds is 13. The van der Waals surface area contributed by atoms with E-state index in [1.54, 1.807) is 30.5 Å².